The summed E-state index contributed by atoms with van der Waals surface area (Å²) in [5.41, 5.74) is 0.865. The van der Waals surface area contributed by atoms with Crippen LogP contribution in [-0.4, -0.2) is 58.5 Å². The molecule has 158 valence electrons. The molecule has 0 unspecified atom stereocenters. The number of urea groups is 1. The van der Waals surface area contributed by atoms with Gasteiger partial charge in [-0.3, -0.25) is 9.59 Å². The summed E-state index contributed by atoms with van der Waals surface area (Å²) in [5, 5.41) is 5.87. The van der Waals surface area contributed by atoms with E-state index in [0.717, 1.165) is 4.88 Å². The Labute approximate surface area is 182 Å². The molecule has 31 heavy (non-hydrogen) atoms. The highest BCUT2D eigenvalue weighted by Crippen LogP contribution is 2.28. The predicted octanol–water partition coefficient (Wildman–Crippen LogP) is 3.48. The zero-order valence-electron chi connectivity index (χ0n) is 16.6. The summed E-state index contributed by atoms with van der Waals surface area (Å²) in [6.45, 7) is 1.06. The Kier molecular flexibility index (Phi) is 5.03. The fourth-order valence-corrected chi connectivity index (χ4v) is 4.76. The van der Waals surface area contributed by atoms with Crippen LogP contribution in [0.4, 0.5) is 10.5 Å². The van der Waals surface area contributed by atoms with Crippen LogP contribution >= 0.6 is 11.3 Å². The highest BCUT2D eigenvalue weighted by molar-refractivity contribution is 7.13. The van der Waals surface area contributed by atoms with Crippen molar-refractivity contribution in [2.45, 2.75) is 18.9 Å². The normalized spacial score (nSPS) is 17.6. The minimum absolute atomic E-state index is 0.0692. The standard InChI is InChI=1S/C22H20N4O4S/c27-20-14-25(22(29)26(20)16-5-2-1-3-6-16)15-8-10-24(11-9-15)21(28)17-13-18(30-23-17)19-7-4-12-31-19/h1-7,12-13,15H,8-11,14H2. The second kappa shape index (κ2) is 7.99. The van der Waals surface area contributed by atoms with E-state index in [1.54, 1.807) is 40.1 Å². The number of para-hydroxylation sites is 1. The van der Waals surface area contributed by atoms with Crippen molar-refractivity contribution >= 4 is 34.9 Å². The first-order chi connectivity index (χ1) is 15.1. The number of hydrogen-bond donors (Lipinski definition) is 0. The second-order valence-corrected chi connectivity index (χ2v) is 8.50. The first-order valence-corrected chi connectivity index (χ1v) is 11.0. The van der Waals surface area contributed by atoms with Gasteiger partial charge in [0.2, 0.25) is 0 Å². The Hall–Kier alpha value is -3.46. The maximum Gasteiger partial charge on any atom is 0.332 e. The van der Waals surface area contributed by atoms with Gasteiger partial charge in [0.05, 0.1) is 10.6 Å². The van der Waals surface area contributed by atoms with Gasteiger partial charge >= 0.3 is 6.03 Å². The van der Waals surface area contributed by atoms with Crippen molar-refractivity contribution in [3.05, 3.63) is 59.6 Å². The monoisotopic (exact) mass is 436 g/mol. The number of thiophene rings is 1. The Balaban J connectivity index is 1.22. The van der Waals surface area contributed by atoms with E-state index in [0.29, 0.717) is 37.4 Å². The van der Waals surface area contributed by atoms with Crippen molar-refractivity contribution in [2.75, 3.05) is 24.5 Å². The Morgan fingerprint density at radius 1 is 1.06 bits per heavy atom. The number of carbonyl (C=O) groups excluding carboxylic acids is 3. The van der Waals surface area contributed by atoms with Gasteiger partial charge in [0.15, 0.2) is 11.5 Å². The molecule has 2 aliphatic rings. The number of hydrogen-bond acceptors (Lipinski definition) is 6. The van der Waals surface area contributed by atoms with E-state index in [-0.39, 0.29) is 36.1 Å². The molecule has 0 bridgehead atoms. The molecule has 4 amide bonds. The first kappa shape index (κ1) is 19.5. The van der Waals surface area contributed by atoms with Crippen molar-refractivity contribution in [2.24, 2.45) is 0 Å². The zero-order chi connectivity index (χ0) is 21.4. The summed E-state index contributed by atoms with van der Waals surface area (Å²) in [6.07, 6.45) is 1.23. The van der Waals surface area contributed by atoms with Crippen LogP contribution in [0.2, 0.25) is 0 Å². The summed E-state index contributed by atoms with van der Waals surface area (Å²) < 4.78 is 5.32. The minimum Gasteiger partial charge on any atom is -0.355 e. The van der Waals surface area contributed by atoms with E-state index in [2.05, 4.69) is 5.16 Å². The molecule has 9 heteroatoms. The van der Waals surface area contributed by atoms with E-state index < -0.39 is 0 Å². The van der Waals surface area contributed by atoms with Crippen LogP contribution in [0.5, 0.6) is 0 Å². The third-order valence-electron chi connectivity index (χ3n) is 5.69. The van der Waals surface area contributed by atoms with Crippen LogP contribution in [0.25, 0.3) is 10.6 Å². The lowest BCUT2D eigenvalue weighted by atomic mass is 10.0. The first-order valence-electron chi connectivity index (χ1n) is 10.1. The van der Waals surface area contributed by atoms with Gasteiger partial charge < -0.3 is 14.3 Å². The van der Waals surface area contributed by atoms with Crippen LogP contribution in [-0.2, 0) is 4.79 Å². The largest absolute Gasteiger partial charge is 0.355 e. The highest BCUT2D eigenvalue weighted by Gasteiger charge is 2.42. The Morgan fingerprint density at radius 2 is 1.84 bits per heavy atom. The van der Waals surface area contributed by atoms with Crippen molar-refractivity contribution in [3.63, 3.8) is 0 Å². The highest BCUT2D eigenvalue weighted by atomic mass is 32.1. The molecule has 1 aromatic carbocycles. The van der Waals surface area contributed by atoms with Gasteiger partial charge in [-0.1, -0.05) is 29.4 Å². The maximum absolute atomic E-state index is 12.9. The van der Waals surface area contributed by atoms with Gasteiger partial charge in [0, 0.05) is 25.2 Å². The zero-order valence-corrected chi connectivity index (χ0v) is 17.5. The summed E-state index contributed by atoms with van der Waals surface area (Å²) in [4.78, 5) is 43.7. The molecular formula is C22H20N4O4S. The summed E-state index contributed by atoms with van der Waals surface area (Å²) in [6, 6.07) is 14.1. The van der Waals surface area contributed by atoms with Gasteiger partial charge in [-0.15, -0.1) is 11.3 Å². The molecule has 2 saturated heterocycles. The smallest absolute Gasteiger partial charge is 0.332 e. The maximum atomic E-state index is 12.9. The number of aromatic nitrogens is 1. The topological polar surface area (TPSA) is 87.0 Å². The van der Waals surface area contributed by atoms with E-state index in [1.807, 2.05) is 23.6 Å². The third-order valence-corrected chi connectivity index (χ3v) is 6.58. The Morgan fingerprint density at radius 3 is 2.55 bits per heavy atom. The van der Waals surface area contributed by atoms with Crippen LogP contribution in [0, 0.1) is 0 Å². The molecule has 0 spiro atoms. The molecule has 2 aliphatic heterocycles. The molecule has 4 heterocycles. The molecule has 0 radical (unpaired) electrons. The van der Waals surface area contributed by atoms with E-state index in [1.165, 1.54) is 16.2 Å². The fraction of sp³-hybridized carbons (Fsp3) is 0.273. The van der Waals surface area contributed by atoms with Gasteiger partial charge in [0.1, 0.15) is 6.54 Å². The molecule has 0 N–H and O–H groups in total. The van der Waals surface area contributed by atoms with Gasteiger partial charge in [-0.25, -0.2) is 9.69 Å². The Bertz CT molecular complexity index is 1100. The molecule has 0 saturated carbocycles. The van der Waals surface area contributed by atoms with E-state index in [4.69, 9.17) is 4.52 Å². The number of imide groups is 1. The lowest BCUT2D eigenvalue weighted by Gasteiger charge is -2.35. The van der Waals surface area contributed by atoms with Crippen LogP contribution in [0.3, 0.4) is 0 Å². The number of amides is 4. The van der Waals surface area contributed by atoms with Gasteiger partial charge in [-0.05, 0) is 36.4 Å². The number of anilines is 1. The van der Waals surface area contributed by atoms with Crippen LogP contribution < -0.4 is 4.90 Å². The second-order valence-electron chi connectivity index (χ2n) is 7.55. The van der Waals surface area contributed by atoms with Gasteiger partial charge in [0.25, 0.3) is 11.8 Å². The third kappa shape index (κ3) is 3.61. The van der Waals surface area contributed by atoms with E-state index in [9.17, 15) is 14.4 Å². The molecule has 8 nitrogen and oxygen atoms in total. The van der Waals surface area contributed by atoms with Crippen molar-refractivity contribution in [1.29, 1.82) is 0 Å². The van der Waals surface area contributed by atoms with Crippen LogP contribution in [0.1, 0.15) is 23.3 Å². The molecule has 3 aromatic rings. The lowest BCUT2D eigenvalue weighted by molar-refractivity contribution is -0.116. The molecule has 0 atom stereocenters. The summed E-state index contributed by atoms with van der Waals surface area (Å²) in [5.74, 6) is 0.175. The average molecular weight is 436 g/mol. The van der Waals surface area contributed by atoms with Gasteiger partial charge in [-0.2, -0.15) is 0 Å². The predicted molar refractivity (Wildman–Crippen MR) is 115 cm³/mol. The summed E-state index contributed by atoms with van der Waals surface area (Å²) >= 11 is 1.52. The molecule has 5 rings (SSSR count). The molecule has 2 fully saturated rings. The van der Waals surface area contributed by atoms with Crippen LogP contribution in [0.15, 0.2) is 58.4 Å². The van der Waals surface area contributed by atoms with Crippen molar-refractivity contribution in [1.82, 2.24) is 15.0 Å². The number of nitrogens with zero attached hydrogens (tertiary/aromatic N) is 4. The minimum atomic E-state index is -0.293. The molecule has 2 aromatic heterocycles. The number of carbonyl (C=O) groups is 3. The number of rotatable bonds is 4. The SMILES string of the molecule is O=C(c1cc(-c2cccs2)on1)N1CCC(N2CC(=O)N(c3ccccc3)C2=O)CC1. The van der Waals surface area contributed by atoms with Crippen molar-refractivity contribution in [3.8, 4) is 10.6 Å². The number of benzene rings is 1. The average Bonchev–Trinajstić information content (AvgIpc) is 3.54. The van der Waals surface area contributed by atoms with Crippen molar-refractivity contribution < 1.29 is 18.9 Å². The molecule has 0 aliphatic carbocycles. The summed E-state index contributed by atoms with van der Waals surface area (Å²) in [7, 11) is 0. The molecular weight excluding hydrogens is 416 g/mol. The fourth-order valence-electron chi connectivity index (χ4n) is 4.09. The number of likely N-dealkylation sites (tertiary alicyclic amines) is 1. The number of piperidine rings is 1. The lowest BCUT2D eigenvalue weighted by Crippen LogP contribution is -2.48. The van der Waals surface area contributed by atoms with E-state index >= 15 is 0 Å². The quantitative estimate of drug-likeness (QED) is 0.585.